The van der Waals surface area contributed by atoms with Crippen LogP contribution in [0.3, 0.4) is 0 Å². The normalized spacial score (nSPS) is 13.3. The maximum atomic E-state index is 12.6. The van der Waals surface area contributed by atoms with Gasteiger partial charge in [0.2, 0.25) is 5.91 Å². The highest BCUT2D eigenvalue weighted by Gasteiger charge is 2.22. The van der Waals surface area contributed by atoms with E-state index in [0.717, 1.165) is 23.0 Å². The molecule has 0 atom stereocenters. The number of benzene rings is 2. The molecule has 0 aromatic heterocycles. The quantitative estimate of drug-likeness (QED) is 0.877. The number of carbonyl (C=O) groups excluding carboxylic acids is 2. The van der Waals surface area contributed by atoms with Crippen LogP contribution in [0.1, 0.15) is 27.9 Å². The number of carbonyl (C=O) groups is 2. The van der Waals surface area contributed by atoms with Crippen molar-refractivity contribution >= 4 is 33.4 Å². The third-order valence-corrected chi connectivity index (χ3v) is 4.63. The highest BCUT2D eigenvalue weighted by Crippen LogP contribution is 2.27. The number of hydrogen-bond donors (Lipinski definition) is 1. The van der Waals surface area contributed by atoms with Gasteiger partial charge in [0.05, 0.1) is 6.54 Å². The van der Waals surface area contributed by atoms with E-state index >= 15 is 0 Å². The van der Waals surface area contributed by atoms with E-state index in [1.165, 1.54) is 11.1 Å². The Kier molecular flexibility index (Phi) is 5.00. The lowest BCUT2D eigenvalue weighted by Crippen LogP contribution is -2.42. The molecule has 4 nitrogen and oxygen atoms in total. The first-order valence-corrected chi connectivity index (χ1v) is 8.77. The molecule has 3 rings (SSSR count). The molecule has 1 N–H and O–H groups in total. The molecule has 0 radical (unpaired) electrons. The first-order chi connectivity index (χ1) is 11.5. The van der Waals surface area contributed by atoms with Crippen molar-refractivity contribution in [1.82, 2.24) is 5.32 Å². The summed E-state index contributed by atoms with van der Waals surface area (Å²) >= 11 is 3.34. The number of halogens is 1. The number of aryl methyl sites for hydroxylation is 2. The molecule has 0 saturated heterocycles. The zero-order valence-electron chi connectivity index (χ0n) is 13.5. The van der Waals surface area contributed by atoms with Crippen LogP contribution in [0, 0.1) is 6.92 Å². The van der Waals surface area contributed by atoms with Gasteiger partial charge in [-0.05, 0) is 49.6 Å². The second-order valence-corrected chi connectivity index (χ2v) is 6.89. The van der Waals surface area contributed by atoms with Crippen molar-refractivity contribution in [2.45, 2.75) is 19.8 Å². The molecule has 0 aliphatic carbocycles. The lowest BCUT2D eigenvalue weighted by Gasteiger charge is -2.30. The Morgan fingerprint density at radius 3 is 2.83 bits per heavy atom. The van der Waals surface area contributed by atoms with Crippen molar-refractivity contribution in [2.75, 3.05) is 18.0 Å². The van der Waals surface area contributed by atoms with Gasteiger partial charge >= 0.3 is 0 Å². The van der Waals surface area contributed by atoms with Crippen molar-refractivity contribution in [3.63, 3.8) is 0 Å². The number of nitrogens with zero attached hydrogens (tertiary/aromatic N) is 1. The van der Waals surface area contributed by atoms with E-state index in [1.807, 2.05) is 18.2 Å². The van der Waals surface area contributed by atoms with E-state index in [1.54, 1.807) is 23.1 Å². The molecule has 1 aliphatic rings. The van der Waals surface area contributed by atoms with Crippen LogP contribution in [0.2, 0.25) is 0 Å². The number of rotatable bonds is 3. The maximum absolute atomic E-state index is 12.6. The van der Waals surface area contributed by atoms with Crippen LogP contribution < -0.4 is 10.2 Å². The molecule has 0 saturated carbocycles. The molecule has 5 heteroatoms. The van der Waals surface area contributed by atoms with E-state index in [-0.39, 0.29) is 18.4 Å². The number of amides is 2. The summed E-state index contributed by atoms with van der Waals surface area (Å²) in [5.41, 5.74) is 3.90. The molecule has 1 aliphatic heterocycles. The van der Waals surface area contributed by atoms with Gasteiger partial charge in [0, 0.05) is 22.3 Å². The zero-order chi connectivity index (χ0) is 17.1. The molecular weight excluding hydrogens is 368 g/mol. The Morgan fingerprint density at radius 1 is 1.21 bits per heavy atom. The number of nitrogens with one attached hydrogen (secondary N) is 1. The average molecular weight is 387 g/mol. The zero-order valence-corrected chi connectivity index (χ0v) is 15.1. The topological polar surface area (TPSA) is 49.4 Å². The molecule has 0 unspecified atom stereocenters. The van der Waals surface area contributed by atoms with Crippen LogP contribution >= 0.6 is 15.9 Å². The average Bonchev–Trinajstić information content (AvgIpc) is 2.58. The molecule has 0 fully saturated rings. The summed E-state index contributed by atoms with van der Waals surface area (Å²) in [6, 6.07) is 13.3. The Hall–Kier alpha value is -2.14. The van der Waals surface area contributed by atoms with Gasteiger partial charge in [-0.15, -0.1) is 0 Å². The summed E-state index contributed by atoms with van der Waals surface area (Å²) in [4.78, 5) is 26.5. The van der Waals surface area contributed by atoms with Crippen LogP contribution in [0.25, 0.3) is 0 Å². The minimum atomic E-state index is -0.245. The Bertz CT molecular complexity index is 789. The predicted molar refractivity (Wildman–Crippen MR) is 98.3 cm³/mol. The number of hydrogen-bond acceptors (Lipinski definition) is 2. The molecule has 2 aromatic carbocycles. The van der Waals surface area contributed by atoms with Crippen molar-refractivity contribution < 1.29 is 9.59 Å². The van der Waals surface area contributed by atoms with E-state index in [2.05, 4.69) is 34.2 Å². The second kappa shape index (κ2) is 7.18. The monoisotopic (exact) mass is 386 g/mol. The van der Waals surface area contributed by atoms with Crippen LogP contribution in [-0.2, 0) is 11.2 Å². The van der Waals surface area contributed by atoms with Crippen molar-refractivity contribution in [3.05, 3.63) is 63.6 Å². The maximum Gasteiger partial charge on any atom is 0.251 e. The molecule has 2 amide bonds. The minimum Gasteiger partial charge on any atom is -0.343 e. The third-order valence-electron chi connectivity index (χ3n) is 4.14. The van der Waals surface area contributed by atoms with Crippen molar-refractivity contribution in [1.29, 1.82) is 0 Å². The molecule has 2 aromatic rings. The smallest absolute Gasteiger partial charge is 0.251 e. The van der Waals surface area contributed by atoms with E-state index in [9.17, 15) is 9.59 Å². The van der Waals surface area contributed by atoms with Gasteiger partial charge < -0.3 is 10.2 Å². The molecular formula is C19H19BrN2O2. The first kappa shape index (κ1) is 16.7. The fourth-order valence-corrected chi connectivity index (χ4v) is 3.37. The van der Waals surface area contributed by atoms with Crippen molar-refractivity contribution in [3.8, 4) is 0 Å². The number of fused-ring (bicyclic) bond motifs is 1. The summed E-state index contributed by atoms with van der Waals surface area (Å²) < 4.78 is 0.835. The Morgan fingerprint density at radius 2 is 2.04 bits per heavy atom. The standard InChI is InChI=1S/C19H19BrN2O2/c1-13-7-8-17-14(10-13)5-3-9-22(17)18(23)12-21-19(24)15-4-2-6-16(20)11-15/h2,4,6-8,10-11H,3,5,9,12H2,1H3,(H,21,24). The van der Waals surface area contributed by atoms with Crippen LogP contribution in [-0.4, -0.2) is 24.9 Å². The third kappa shape index (κ3) is 3.67. The summed E-state index contributed by atoms with van der Waals surface area (Å²) in [5, 5.41) is 2.71. The van der Waals surface area contributed by atoms with Crippen molar-refractivity contribution in [2.24, 2.45) is 0 Å². The summed E-state index contributed by atoms with van der Waals surface area (Å²) in [6.45, 7) is 2.75. The van der Waals surface area contributed by atoms with Gasteiger partial charge in [-0.1, -0.05) is 39.7 Å². The molecule has 0 spiro atoms. The van der Waals surface area contributed by atoms with Gasteiger partial charge in [0.1, 0.15) is 0 Å². The SMILES string of the molecule is Cc1ccc2c(c1)CCCN2C(=O)CNC(=O)c1cccc(Br)c1. The Balaban J connectivity index is 1.67. The molecule has 124 valence electrons. The van der Waals surface area contributed by atoms with Gasteiger partial charge in [-0.3, -0.25) is 9.59 Å². The van der Waals surface area contributed by atoms with E-state index < -0.39 is 0 Å². The highest BCUT2D eigenvalue weighted by molar-refractivity contribution is 9.10. The van der Waals surface area contributed by atoms with Crippen LogP contribution in [0.5, 0.6) is 0 Å². The van der Waals surface area contributed by atoms with Gasteiger partial charge in [0.25, 0.3) is 5.91 Å². The fraction of sp³-hybridized carbons (Fsp3) is 0.263. The van der Waals surface area contributed by atoms with E-state index in [4.69, 9.17) is 0 Å². The second-order valence-electron chi connectivity index (χ2n) is 5.97. The minimum absolute atomic E-state index is 0.00133. The molecule has 24 heavy (non-hydrogen) atoms. The summed E-state index contributed by atoms with van der Waals surface area (Å²) in [6.07, 6.45) is 1.94. The number of anilines is 1. The molecule has 0 bridgehead atoms. The van der Waals surface area contributed by atoms with Gasteiger partial charge in [-0.25, -0.2) is 0 Å². The lowest BCUT2D eigenvalue weighted by molar-refractivity contribution is -0.117. The van der Waals surface area contributed by atoms with E-state index in [0.29, 0.717) is 12.1 Å². The van der Waals surface area contributed by atoms with Crippen LogP contribution in [0.15, 0.2) is 46.9 Å². The Labute approximate surface area is 150 Å². The van der Waals surface area contributed by atoms with Gasteiger partial charge in [0.15, 0.2) is 0 Å². The predicted octanol–water partition coefficient (Wildman–Crippen LogP) is 3.47. The van der Waals surface area contributed by atoms with Gasteiger partial charge in [-0.2, -0.15) is 0 Å². The fourth-order valence-electron chi connectivity index (χ4n) is 2.97. The first-order valence-electron chi connectivity index (χ1n) is 7.98. The lowest BCUT2D eigenvalue weighted by atomic mass is 9.99. The largest absolute Gasteiger partial charge is 0.343 e. The summed E-state index contributed by atoms with van der Waals surface area (Å²) in [5.74, 6) is -0.325. The van der Waals surface area contributed by atoms with Crippen LogP contribution in [0.4, 0.5) is 5.69 Å². The highest BCUT2D eigenvalue weighted by atomic mass is 79.9. The summed E-state index contributed by atoms with van der Waals surface area (Å²) in [7, 11) is 0. The molecule has 1 heterocycles.